The maximum absolute atomic E-state index is 11.5. The van der Waals surface area contributed by atoms with Crippen LogP contribution in [0.2, 0.25) is 0 Å². The van der Waals surface area contributed by atoms with Crippen LogP contribution in [0, 0.1) is 0 Å². The van der Waals surface area contributed by atoms with Gasteiger partial charge in [-0.3, -0.25) is 4.79 Å². The number of carbonyl (C=O) groups is 2. The van der Waals surface area contributed by atoms with Crippen molar-refractivity contribution >= 4 is 37.6 Å². The molecular weight excluding hydrogens is 326 g/mol. The highest BCUT2D eigenvalue weighted by atomic mass is 79.9. The fraction of sp³-hybridized carbons (Fsp3) is 0.800. The Bertz CT molecular complexity index is 395. The van der Waals surface area contributed by atoms with E-state index in [0.717, 1.165) is 0 Å². The van der Waals surface area contributed by atoms with Crippen molar-refractivity contribution in [1.82, 2.24) is 5.32 Å². The lowest BCUT2D eigenvalue weighted by atomic mass is 10.2. The quantitative estimate of drug-likeness (QED) is 0.627. The predicted octanol–water partition coefficient (Wildman–Crippen LogP) is 0.554. The Morgan fingerprint density at radius 2 is 1.89 bits per heavy atom. The minimum atomic E-state index is -3.24. The Balaban J connectivity index is 4.51. The third-order valence-corrected chi connectivity index (χ3v) is 5.22. The van der Waals surface area contributed by atoms with Gasteiger partial charge in [-0.25, -0.2) is 13.2 Å². The van der Waals surface area contributed by atoms with Gasteiger partial charge in [-0.05, 0) is 12.8 Å². The van der Waals surface area contributed by atoms with E-state index in [1.807, 2.05) is 0 Å². The number of amides is 1. The van der Waals surface area contributed by atoms with Crippen molar-refractivity contribution in [2.75, 3.05) is 11.5 Å². The Kier molecular flexibility index (Phi) is 7.46. The van der Waals surface area contributed by atoms with Crippen molar-refractivity contribution in [2.45, 2.75) is 37.6 Å². The lowest BCUT2D eigenvalue weighted by Gasteiger charge is -2.16. The molecule has 0 rings (SSSR count). The number of aliphatic carboxylic acids is 1. The fourth-order valence-corrected chi connectivity index (χ4v) is 2.16. The number of alkyl halides is 1. The summed E-state index contributed by atoms with van der Waals surface area (Å²) in [6.07, 6.45) is 0.395. The van der Waals surface area contributed by atoms with E-state index in [0.29, 0.717) is 6.42 Å². The molecule has 2 atom stereocenters. The number of carboxylic acid groups (broad SMARTS) is 1. The zero-order chi connectivity index (χ0) is 14.3. The number of carboxylic acids is 1. The summed E-state index contributed by atoms with van der Waals surface area (Å²) in [6, 6.07) is -1.18. The van der Waals surface area contributed by atoms with Gasteiger partial charge in [0.2, 0.25) is 5.91 Å². The van der Waals surface area contributed by atoms with E-state index in [1.165, 1.54) is 6.92 Å². The molecule has 0 aromatic heterocycles. The van der Waals surface area contributed by atoms with Gasteiger partial charge < -0.3 is 10.4 Å². The molecule has 0 heterocycles. The highest BCUT2D eigenvalue weighted by Crippen LogP contribution is 2.06. The molecule has 0 aliphatic heterocycles. The number of rotatable bonds is 8. The molecule has 0 radical (unpaired) electrons. The number of carbonyl (C=O) groups excluding carboxylic acids is 1. The normalized spacial score (nSPS) is 14.8. The lowest BCUT2D eigenvalue weighted by molar-refractivity contribution is -0.141. The van der Waals surface area contributed by atoms with Crippen LogP contribution in [0.3, 0.4) is 0 Å². The van der Waals surface area contributed by atoms with E-state index in [1.54, 1.807) is 6.92 Å². The molecule has 2 N–H and O–H groups in total. The van der Waals surface area contributed by atoms with E-state index in [4.69, 9.17) is 5.11 Å². The first-order valence-corrected chi connectivity index (χ1v) is 8.34. The van der Waals surface area contributed by atoms with E-state index in [-0.39, 0.29) is 17.9 Å². The largest absolute Gasteiger partial charge is 0.480 e. The molecule has 0 fully saturated rings. The molecule has 0 saturated carbocycles. The highest BCUT2D eigenvalue weighted by Gasteiger charge is 2.24. The second-order valence-electron chi connectivity index (χ2n) is 3.80. The van der Waals surface area contributed by atoms with Crippen molar-refractivity contribution in [1.29, 1.82) is 0 Å². The second-order valence-corrected chi connectivity index (χ2v) is 7.38. The third kappa shape index (κ3) is 6.34. The molecule has 1 amide bonds. The number of halogens is 1. The molecule has 0 aliphatic rings. The summed E-state index contributed by atoms with van der Waals surface area (Å²) in [7, 11) is -3.24. The van der Waals surface area contributed by atoms with Gasteiger partial charge >= 0.3 is 5.97 Å². The van der Waals surface area contributed by atoms with Gasteiger partial charge in [-0.1, -0.05) is 29.8 Å². The molecule has 0 aliphatic carbocycles. The van der Waals surface area contributed by atoms with E-state index in [9.17, 15) is 18.0 Å². The summed E-state index contributed by atoms with van der Waals surface area (Å²) in [4.78, 5) is 22.0. The smallest absolute Gasteiger partial charge is 0.326 e. The van der Waals surface area contributed by atoms with E-state index in [2.05, 4.69) is 21.2 Å². The number of nitrogens with one attached hydrogen (secondary N) is 1. The van der Waals surface area contributed by atoms with E-state index >= 15 is 0 Å². The number of sulfone groups is 1. The summed E-state index contributed by atoms with van der Waals surface area (Å²) >= 11 is 3.10. The van der Waals surface area contributed by atoms with Gasteiger partial charge in [-0.15, -0.1) is 0 Å². The zero-order valence-electron chi connectivity index (χ0n) is 10.3. The number of hydrogen-bond acceptors (Lipinski definition) is 4. The summed E-state index contributed by atoms with van der Waals surface area (Å²) in [5.74, 6) is -1.97. The van der Waals surface area contributed by atoms with Crippen LogP contribution < -0.4 is 5.32 Å². The molecule has 106 valence electrons. The maximum atomic E-state index is 11.5. The average molecular weight is 344 g/mol. The van der Waals surface area contributed by atoms with E-state index < -0.39 is 32.6 Å². The van der Waals surface area contributed by atoms with Crippen molar-refractivity contribution in [3.8, 4) is 0 Å². The van der Waals surface area contributed by atoms with Gasteiger partial charge in [0.15, 0.2) is 0 Å². The van der Waals surface area contributed by atoms with Crippen molar-refractivity contribution in [2.24, 2.45) is 0 Å². The van der Waals surface area contributed by atoms with Crippen molar-refractivity contribution in [3.63, 3.8) is 0 Å². The first-order valence-electron chi connectivity index (χ1n) is 5.61. The first-order chi connectivity index (χ1) is 8.23. The molecular formula is C10H18BrNO5S. The average Bonchev–Trinajstić information content (AvgIpc) is 2.32. The Labute approximate surface area is 115 Å². The van der Waals surface area contributed by atoms with Gasteiger partial charge in [-0.2, -0.15) is 0 Å². The molecule has 0 bridgehead atoms. The van der Waals surface area contributed by atoms with Gasteiger partial charge in [0.05, 0.1) is 10.6 Å². The third-order valence-electron chi connectivity index (χ3n) is 2.41. The van der Waals surface area contributed by atoms with Crippen LogP contribution in [0.25, 0.3) is 0 Å². The van der Waals surface area contributed by atoms with Crippen LogP contribution in [-0.4, -0.2) is 47.8 Å². The SMILES string of the molecule is CCC(Br)C(=O)NC(CCS(=O)(=O)CC)C(=O)O. The summed E-state index contributed by atoms with van der Waals surface area (Å²) in [5, 5.41) is 11.2. The Hall–Kier alpha value is -0.630. The van der Waals surface area contributed by atoms with Crippen LogP contribution >= 0.6 is 15.9 Å². The molecule has 2 unspecified atom stereocenters. The summed E-state index contributed by atoms with van der Waals surface area (Å²) in [5.41, 5.74) is 0. The minimum absolute atomic E-state index is 0.0384. The van der Waals surface area contributed by atoms with Gasteiger partial charge in [0.1, 0.15) is 15.9 Å². The van der Waals surface area contributed by atoms with Gasteiger partial charge in [0, 0.05) is 5.75 Å². The monoisotopic (exact) mass is 343 g/mol. The van der Waals surface area contributed by atoms with Crippen LogP contribution in [0.4, 0.5) is 0 Å². The Morgan fingerprint density at radius 1 is 1.33 bits per heavy atom. The van der Waals surface area contributed by atoms with Crippen LogP contribution in [0.5, 0.6) is 0 Å². The molecule has 6 nitrogen and oxygen atoms in total. The van der Waals surface area contributed by atoms with Crippen LogP contribution in [0.1, 0.15) is 26.7 Å². The minimum Gasteiger partial charge on any atom is -0.480 e. The summed E-state index contributed by atoms with van der Waals surface area (Å²) in [6.45, 7) is 3.27. The molecule has 8 heteroatoms. The summed E-state index contributed by atoms with van der Waals surface area (Å²) < 4.78 is 22.6. The molecule has 0 spiro atoms. The van der Waals surface area contributed by atoms with Crippen LogP contribution in [0.15, 0.2) is 0 Å². The molecule has 0 aromatic carbocycles. The second kappa shape index (κ2) is 7.73. The highest BCUT2D eigenvalue weighted by molar-refractivity contribution is 9.10. The first kappa shape index (κ1) is 17.4. The van der Waals surface area contributed by atoms with Crippen molar-refractivity contribution < 1.29 is 23.1 Å². The maximum Gasteiger partial charge on any atom is 0.326 e. The Morgan fingerprint density at radius 3 is 2.28 bits per heavy atom. The van der Waals surface area contributed by atoms with Gasteiger partial charge in [0.25, 0.3) is 0 Å². The molecule has 0 saturated heterocycles. The molecule has 18 heavy (non-hydrogen) atoms. The number of hydrogen-bond donors (Lipinski definition) is 2. The predicted molar refractivity (Wildman–Crippen MR) is 71.5 cm³/mol. The molecule has 0 aromatic rings. The van der Waals surface area contributed by atoms with Crippen molar-refractivity contribution in [3.05, 3.63) is 0 Å². The topological polar surface area (TPSA) is 101 Å². The zero-order valence-corrected chi connectivity index (χ0v) is 12.8. The van der Waals surface area contributed by atoms with Crippen LogP contribution in [-0.2, 0) is 19.4 Å². The fourth-order valence-electron chi connectivity index (χ4n) is 1.15. The standard InChI is InChI=1S/C10H18BrNO5S/c1-3-7(11)9(13)12-8(10(14)15)5-6-18(16,17)4-2/h7-8H,3-6H2,1-2H3,(H,12,13)(H,14,15). The lowest BCUT2D eigenvalue weighted by Crippen LogP contribution is -2.44.